The maximum Gasteiger partial charge on any atom is 0.165 e. The highest BCUT2D eigenvalue weighted by Crippen LogP contribution is 2.19. The first-order chi connectivity index (χ1) is 9.29. The van der Waals surface area contributed by atoms with Gasteiger partial charge in [0.25, 0.3) is 0 Å². The summed E-state index contributed by atoms with van der Waals surface area (Å²) < 4.78 is 18.9. The number of piperidine rings is 1. The van der Waals surface area contributed by atoms with Crippen molar-refractivity contribution in [3.63, 3.8) is 0 Å². The molecule has 1 unspecified atom stereocenters. The Morgan fingerprint density at radius 3 is 3.00 bits per heavy atom. The van der Waals surface area contributed by atoms with Crippen LogP contribution in [0.3, 0.4) is 0 Å². The van der Waals surface area contributed by atoms with Crippen molar-refractivity contribution >= 4 is 0 Å². The van der Waals surface area contributed by atoms with Gasteiger partial charge in [-0.2, -0.15) is 0 Å². The van der Waals surface area contributed by atoms with Crippen molar-refractivity contribution in [2.24, 2.45) is 11.7 Å². The number of nitrogens with two attached hydrogens (primary N) is 1. The van der Waals surface area contributed by atoms with Crippen LogP contribution in [0.2, 0.25) is 0 Å². The molecule has 0 aliphatic carbocycles. The Labute approximate surface area is 114 Å². The van der Waals surface area contributed by atoms with Gasteiger partial charge in [-0.25, -0.2) is 4.39 Å². The van der Waals surface area contributed by atoms with Crippen LogP contribution in [0.1, 0.15) is 19.3 Å². The summed E-state index contributed by atoms with van der Waals surface area (Å²) in [5.74, 6) is 0.771. The van der Waals surface area contributed by atoms with Crippen molar-refractivity contribution in [2.45, 2.75) is 19.3 Å². The third-order valence-corrected chi connectivity index (χ3v) is 3.68. The molecule has 4 heteroatoms. The molecule has 1 saturated heterocycles. The van der Waals surface area contributed by atoms with E-state index in [4.69, 9.17) is 10.5 Å². The molecule has 1 aromatic carbocycles. The van der Waals surface area contributed by atoms with Gasteiger partial charge in [-0.3, -0.25) is 4.90 Å². The maximum atomic E-state index is 13.4. The van der Waals surface area contributed by atoms with Gasteiger partial charge in [0, 0.05) is 13.1 Å². The van der Waals surface area contributed by atoms with Crippen LogP contribution in [0, 0.1) is 11.7 Å². The highest BCUT2D eigenvalue weighted by molar-refractivity contribution is 5.23. The molecule has 0 bridgehead atoms. The second kappa shape index (κ2) is 7.46. The highest BCUT2D eigenvalue weighted by Gasteiger charge is 2.18. The van der Waals surface area contributed by atoms with Crippen LogP contribution in [0.15, 0.2) is 24.3 Å². The minimum absolute atomic E-state index is 0.290. The van der Waals surface area contributed by atoms with E-state index in [-0.39, 0.29) is 5.82 Å². The summed E-state index contributed by atoms with van der Waals surface area (Å²) in [5, 5.41) is 0. The van der Waals surface area contributed by atoms with Gasteiger partial charge < -0.3 is 10.5 Å². The second-order valence-corrected chi connectivity index (χ2v) is 5.17. The second-order valence-electron chi connectivity index (χ2n) is 5.17. The lowest BCUT2D eigenvalue weighted by atomic mass is 9.95. The molecule has 0 saturated carbocycles. The fraction of sp³-hybridized carbons (Fsp3) is 0.600. The normalized spacial score (nSPS) is 20.4. The Kier molecular flexibility index (Phi) is 5.61. The van der Waals surface area contributed by atoms with Crippen molar-refractivity contribution in [3.8, 4) is 5.75 Å². The molecule has 0 aromatic heterocycles. The predicted molar refractivity (Wildman–Crippen MR) is 74.7 cm³/mol. The van der Waals surface area contributed by atoms with E-state index in [9.17, 15) is 4.39 Å². The SMILES string of the molecule is NCCC1CCCN(CCOc2ccccc2F)C1. The van der Waals surface area contributed by atoms with Crippen molar-refractivity contribution in [2.75, 3.05) is 32.8 Å². The van der Waals surface area contributed by atoms with Gasteiger partial charge in [0.2, 0.25) is 0 Å². The van der Waals surface area contributed by atoms with E-state index in [0.29, 0.717) is 18.3 Å². The largest absolute Gasteiger partial charge is 0.489 e. The molecule has 2 rings (SSSR count). The molecule has 1 atom stereocenters. The first-order valence-electron chi connectivity index (χ1n) is 7.09. The molecular weight excluding hydrogens is 243 g/mol. The summed E-state index contributed by atoms with van der Waals surface area (Å²) >= 11 is 0. The number of hydrogen-bond acceptors (Lipinski definition) is 3. The van der Waals surface area contributed by atoms with Crippen LogP contribution < -0.4 is 10.5 Å². The molecule has 0 amide bonds. The van der Waals surface area contributed by atoms with E-state index in [2.05, 4.69) is 4.90 Å². The average Bonchev–Trinajstić information content (AvgIpc) is 2.42. The lowest BCUT2D eigenvalue weighted by Gasteiger charge is -2.32. The molecule has 2 N–H and O–H groups in total. The van der Waals surface area contributed by atoms with Gasteiger partial charge in [-0.15, -0.1) is 0 Å². The summed E-state index contributed by atoms with van der Waals surface area (Å²) in [6, 6.07) is 6.55. The van der Waals surface area contributed by atoms with E-state index in [0.717, 1.165) is 32.6 Å². The zero-order valence-corrected chi connectivity index (χ0v) is 11.4. The van der Waals surface area contributed by atoms with Crippen molar-refractivity contribution in [3.05, 3.63) is 30.1 Å². The number of likely N-dealkylation sites (tertiary alicyclic amines) is 1. The molecule has 1 fully saturated rings. The summed E-state index contributed by atoms with van der Waals surface area (Å²) in [6.07, 6.45) is 3.61. The van der Waals surface area contributed by atoms with Crippen LogP contribution in [-0.2, 0) is 0 Å². The maximum absolute atomic E-state index is 13.4. The van der Waals surface area contributed by atoms with Crippen molar-refractivity contribution in [1.29, 1.82) is 0 Å². The van der Waals surface area contributed by atoms with Crippen molar-refractivity contribution in [1.82, 2.24) is 4.90 Å². The van der Waals surface area contributed by atoms with Crippen LogP contribution in [0.4, 0.5) is 4.39 Å². The fourth-order valence-electron chi connectivity index (χ4n) is 2.67. The summed E-state index contributed by atoms with van der Waals surface area (Å²) in [7, 11) is 0. The van der Waals surface area contributed by atoms with E-state index in [1.54, 1.807) is 18.2 Å². The molecular formula is C15H23FN2O. The minimum atomic E-state index is -0.290. The van der Waals surface area contributed by atoms with Gasteiger partial charge >= 0.3 is 0 Å². The molecule has 3 nitrogen and oxygen atoms in total. The number of hydrogen-bond donors (Lipinski definition) is 1. The van der Waals surface area contributed by atoms with E-state index in [1.165, 1.54) is 18.9 Å². The van der Waals surface area contributed by atoms with E-state index < -0.39 is 0 Å². The van der Waals surface area contributed by atoms with Gasteiger partial charge in [0.05, 0.1) is 0 Å². The van der Waals surface area contributed by atoms with Crippen LogP contribution in [-0.4, -0.2) is 37.7 Å². The molecule has 106 valence electrons. The zero-order chi connectivity index (χ0) is 13.5. The molecule has 19 heavy (non-hydrogen) atoms. The van der Waals surface area contributed by atoms with Gasteiger partial charge in [-0.1, -0.05) is 12.1 Å². The smallest absolute Gasteiger partial charge is 0.165 e. The molecule has 0 spiro atoms. The zero-order valence-electron chi connectivity index (χ0n) is 11.4. The average molecular weight is 266 g/mol. The standard InChI is InChI=1S/C15H23FN2O/c16-14-5-1-2-6-15(14)19-11-10-18-9-3-4-13(12-18)7-8-17/h1-2,5-6,13H,3-4,7-12,17H2. The van der Waals surface area contributed by atoms with Crippen molar-refractivity contribution < 1.29 is 9.13 Å². The fourth-order valence-corrected chi connectivity index (χ4v) is 2.67. The van der Waals surface area contributed by atoms with Gasteiger partial charge in [0.1, 0.15) is 6.61 Å². The molecule has 1 aliphatic heterocycles. The summed E-state index contributed by atoms with van der Waals surface area (Å²) in [6.45, 7) is 4.37. The van der Waals surface area contributed by atoms with Crippen LogP contribution in [0.25, 0.3) is 0 Å². The Hall–Kier alpha value is -1.13. The third-order valence-electron chi connectivity index (χ3n) is 3.68. The molecule has 1 aromatic rings. The highest BCUT2D eigenvalue weighted by atomic mass is 19.1. The minimum Gasteiger partial charge on any atom is -0.489 e. The summed E-state index contributed by atoms with van der Waals surface area (Å²) in [5.41, 5.74) is 5.61. The quantitative estimate of drug-likeness (QED) is 0.858. The number of benzene rings is 1. The van der Waals surface area contributed by atoms with Gasteiger partial charge in [0.15, 0.2) is 11.6 Å². The van der Waals surface area contributed by atoms with E-state index in [1.807, 2.05) is 0 Å². The lowest BCUT2D eigenvalue weighted by molar-refractivity contribution is 0.142. The predicted octanol–water partition coefficient (Wildman–Crippen LogP) is 2.27. The first kappa shape index (κ1) is 14.3. The lowest BCUT2D eigenvalue weighted by Crippen LogP contribution is -2.38. The number of nitrogens with zero attached hydrogens (tertiary/aromatic N) is 1. The van der Waals surface area contributed by atoms with E-state index >= 15 is 0 Å². The summed E-state index contributed by atoms with van der Waals surface area (Å²) in [4.78, 5) is 2.39. The van der Waals surface area contributed by atoms with Crippen LogP contribution >= 0.6 is 0 Å². The number of ether oxygens (including phenoxy) is 1. The van der Waals surface area contributed by atoms with Crippen LogP contribution in [0.5, 0.6) is 5.75 Å². The number of rotatable bonds is 6. The number of halogens is 1. The first-order valence-corrected chi connectivity index (χ1v) is 7.09. The third kappa shape index (κ3) is 4.48. The molecule has 1 aliphatic rings. The Balaban J connectivity index is 1.72. The Bertz CT molecular complexity index is 384. The topological polar surface area (TPSA) is 38.5 Å². The molecule has 1 heterocycles. The Morgan fingerprint density at radius 2 is 2.21 bits per heavy atom. The monoisotopic (exact) mass is 266 g/mol. The molecule has 0 radical (unpaired) electrons. The Morgan fingerprint density at radius 1 is 1.37 bits per heavy atom. The number of para-hydroxylation sites is 1. The van der Waals surface area contributed by atoms with Gasteiger partial charge in [-0.05, 0) is 50.4 Å².